The van der Waals surface area contributed by atoms with Crippen LogP contribution in [-0.4, -0.2) is 69.6 Å². The number of ether oxygens (including phenoxy) is 1. The summed E-state index contributed by atoms with van der Waals surface area (Å²) in [5.41, 5.74) is 1.96. The summed E-state index contributed by atoms with van der Waals surface area (Å²) in [7, 11) is 0. The molecule has 36 heavy (non-hydrogen) atoms. The maximum atomic E-state index is 13.4. The van der Waals surface area contributed by atoms with E-state index in [0.29, 0.717) is 37.7 Å². The predicted molar refractivity (Wildman–Crippen MR) is 141 cm³/mol. The van der Waals surface area contributed by atoms with Crippen LogP contribution in [0.1, 0.15) is 30.0 Å². The van der Waals surface area contributed by atoms with Gasteiger partial charge in [-0.2, -0.15) is 5.10 Å². The van der Waals surface area contributed by atoms with Gasteiger partial charge in [0.1, 0.15) is 5.82 Å². The monoisotopic (exact) mass is 527 g/mol. The largest absolute Gasteiger partial charge is 0.450 e. The van der Waals surface area contributed by atoms with E-state index in [0.717, 1.165) is 48.0 Å². The fourth-order valence-electron chi connectivity index (χ4n) is 4.75. The molecule has 1 atom stereocenters. The molecule has 3 aromatic rings. The SMILES string of the molecule is CCOC(=O)N1CCN(CCCn2nc3n(c2=O)-c2ccccc2SC(c2ccc(Cl)cc2)C3)CC1. The summed E-state index contributed by atoms with van der Waals surface area (Å²) in [6.07, 6.45) is 1.23. The van der Waals surface area contributed by atoms with E-state index in [2.05, 4.69) is 23.1 Å². The van der Waals surface area contributed by atoms with E-state index < -0.39 is 0 Å². The van der Waals surface area contributed by atoms with Crippen LogP contribution in [0.25, 0.3) is 5.69 Å². The number of nitrogens with zero attached hydrogens (tertiary/aromatic N) is 5. The predicted octanol–water partition coefficient (Wildman–Crippen LogP) is 4.24. The van der Waals surface area contributed by atoms with Crippen LogP contribution < -0.4 is 5.69 Å². The average Bonchev–Trinajstić information content (AvgIpc) is 3.09. The molecule has 0 saturated carbocycles. The van der Waals surface area contributed by atoms with Crippen LogP contribution >= 0.6 is 23.4 Å². The summed E-state index contributed by atoms with van der Waals surface area (Å²) in [4.78, 5) is 30.5. The van der Waals surface area contributed by atoms with E-state index in [1.807, 2.05) is 37.3 Å². The second-order valence-corrected chi connectivity index (χ2v) is 10.6. The van der Waals surface area contributed by atoms with Gasteiger partial charge < -0.3 is 9.64 Å². The van der Waals surface area contributed by atoms with Crippen molar-refractivity contribution in [3.05, 3.63) is 75.4 Å². The minimum atomic E-state index is -0.237. The first-order chi connectivity index (χ1) is 17.5. The number of thioether (sulfide) groups is 1. The molecule has 0 radical (unpaired) electrons. The van der Waals surface area contributed by atoms with Crippen LogP contribution in [0, 0.1) is 0 Å². The van der Waals surface area contributed by atoms with E-state index in [1.54, 1.807) is 25.9 Å². The molecule has 1 fully saturated rings. The van der Waals surface area contributed by atoms with Gasteiger partial charge in [-0.05, 0) is 43.2 Å². The molecule has 1 unspecified atom stereocenters. The molecule has 0 aliphatic carbocycles. The second kappa shape index (κ2) is 11.1. The highest BCUT2D eigenvalue weighted by atomic mass is 35.5. The van der Waals surface area contributed by atoms with Crippen LogP contribution in [0.2, 0.25) is 5.02 Å². The Morgan fingerprint density at radius 2 is 1.83 bits per heavy atom. The van der Waals surface area contributed by atoms with E-state index >= 15 is 0 Å². The highest BCUT2D eigenvalue weighted by molar-refractivity contribution is 7.99. The van der Waals surface area contributed by atoms with Crippen molar-refractivity contribution < 1.29 is 9.53 Å². The second-order valence-electron chi connectivity index (χ2n) is 8.97. The molecule has 2 aromatic carbocycles. The van der Waals surface area contributed by atoms with E-state index in [9.17, 15) is 9.59 Å². The molecule has 5 rings (SSSR count). The first-order valence-corrected chi connectivity index (χ1v) is 13.6. The fraction of sp³-hybridized carbons (Fsp3) is 0.423. The smallest absolute Gasteiger partial charge is 0.409 e. The first kappa shape index (κ1) is 24.9. The van der Waals surface area contributed by atoms with Crippen molar-refractivity contribution >= 4 is 29.5 Å². The molecular weight excluding hydrogens is 498 g/mol. The van der Waals surface area contributed by atoms with E-state index in [-0.39, 0.29) is 17.0 Å². The summed E-state index contributed by atoms with van der Waals surface area (Å²) >= 11 is 7.87. The van der Waals surface area contributed by atoms with E-state index in [1.165, 1.54) is 0 Å². The standard InChI is InChI=1S/C26H30ClN5O3S/c1-2-35-26(34)30-16-14-29(15-17-30)12-5-13-31-25(33)32-21-6-3-4-7-22(21)36-23(18-24(32)28-31)19-8-10-20(27)11-9-19/h3-4,6-11,23H,2,5,12-18H2,1H3. The number of rotatable bonds is 6. The summed E-state index contributed by atoms with van der Waals surface area (Å²) in [6, 6.07) is 16.0. The van der Waals surface area contributed by atoms with Gasteiger partial charge in [0.2, 0.25) is 0 Å². The van der Waals surface area contributed by atoms with Crippen LogP contribution in [0.3, 0.4) is 0 Å². The third-order valence-electron chi connectivity index (χ3n) is 6.63. The van der Waals surface area contributed by atoms with Gasteiger partial charge in [-0.3, -0.25) is 4.90 Å². The Morgan fingerprint density at radius 3 is 2.58 bits per heavy atom. The van der Waals surface area contributed by atoms with Gasteiger partial charge in [0.15, 0.2) is 0 Å². The van der Waals surface area contributed by atoms with Gasteiger partial charge in [-0.25, -0.2) is 18.8 Å². The number of para-hydroxylation sites is 1. The maximum absolute atomic E-state index is 13.4. The number of piperazine rings is 1. The molecular formula is C26H30ClN5O3S. The number of carbonyl (C=O) groups excluding carboxylic acids is 1. The quantitative estimate of drug-likeness (QED) is 0.477. The fourth-order valence-corrected chi connectivity index (χ4v) is 6.15. The lowest BCUT2D eigenvalue weighted by molar-refractivity contribution is 0.0790. The molecule has 0 N–H and O–H groups in total. The highest BCUT2D eigenvalue weighted by Gasteiger charge is 2.27. The Hall–Kier alpha value is -2.75. The van der Waals surface area contributed by atoms with Crippen molar-refractivity contribution in [2.24, 2.45) is 0 Å². The molecule has 8 nitrogen and oxygen atoms in total. The van der Waals surface area contributed by atoms with E-state index in [4.69, 9.17) is 21.4 Å². The van der Waals surface area contributed by atoms with Gasteiger partial charge in [-0.15, -0.1) is 11.8 Å². The molecule has 1 amide bonds. The lowest BCUT2D eigenvalue weighted by Crippen LogP contribution is -2.49. The zero-order valence-corrected chi connectivity index (χ0v) is 21.9. The average molecular weight is 528 g/mol. The Bertz CT molecular complexity index is 1270. The molecule has 2 aliphatic heterocycles. The minimum absolute atomic E-state index is 0.0954. The number of aryl methyl sites for hydroxylation is 1. The van der Waals surface area contributed by atoms with Gasteiger partial charge in [0.05, 0.1) is 12.3 Å². The Kier molecular flexibility index (Phi) is 7.69. The topological polar surface area (TPSA) is 72.6 Å². The highest BCUT2D eigenvalue weighted by Crippen LogP contribution is 2.42. The number of hydrogen-bond acceptors (Lipinski definition) is 6. The van der Waals surface area contributed by atoms with Crippen molar-refractivity contribution in [1.29, 1.82) is 0 Å². The normalized spacial score (nSPS) is 17.8. The maximum Gasteiger partial charge on any atom is 0.409 e. The van der Waals surface area contributed by atoms with Crippen LogP contribution in [0.15, 0.2) is 58.2 Å². The number of hydrogen-bond donors (Lipinski definition) is 0. The Balaban J connectivity index is 1.29. The van der Waals surface area contributed by atoms with Crippen molar-refractivity contribution in [3.8, 4) is 5.69 Å². The molecule has 10 heteroatoms. The first-order valence-electron chi connectivity index (χ1n) is 12.4. The molecule has 3 heterocycles. The number of fused-ring (bicyclic) bond motifs is 3. The third-order valence-corrected chi connectivity index (χ3v) is 8.21. The molecule has 1 saturated heterocycles. The van der Waals surface area contributed by atoms with Crippen molar-refractivity contribution in [2.45, 2.75) is 36.5 Å². The number of aromatic nitrogens is 3. The Morgan fingerprint density at radius 1 is 1.08 bits per heavy atom. The number of halogens is 1. The van der Waals surface area contributed by atoms with Crippen molar-refractivity contribution in [2.75, 3.05) is 39.3 Å². The summed E-state index contributed by atoms with van der Waals surface area (Å²) in [5.74, 6) is 0.778. The summed E-state index contributed by atoms with van der Waals surface area (Å²) in [5, 5.41) is 5.62. The third kappa shape index (κ3) is 5.33. The van der Waals surface area contributed by atoms with Gasteiger partial charge in [0, 0.05) is 60.9 Å². The lowest BCUT2D eigenvalue weighted by atomic mass is 10.1. The molecule has 0 bridgehead atoms. The number of carbonyl (C=O) groups is 1. The molecule has 2 aliphatic rings. The minimum Gasteiger partial charge on any atom is -0.450 e. The summed E-state index contributed by atoms with van der Waals surface area (Å²) < 4.78 is 8.48. The Labute approximate surface area is 219 Å². The molecule has 1 aromatic heterocycles. The summed E-state index contributed by atoms with van der Waals surface area (Å²) in [6.45, 7) is 6.56. The molecule has 190 valence electrons. The van der Waals surface area contributed by atoms with Crippen LogP contribution in [0.5, 0.6) is 0 Å². The zero-order chi connectivity index (χ0) is 25.1. The van der Waals surface area contributed by atoms with Crippen molar-refractivity contribution in [3.63, 3.8) is 0 Å². The van der Waals surface area contributed by atoms with Crippen LogP contribution in [-0.2, 0) is 17.7 Å². The van der Waals surface area contributed by atoms with Gasteiger partial charge >= 0.3 is 11.8 Å². The lowest BCUT2D eigenvalue weighted by Gasteiger charge is -2.33. The van der Waals surface area contributed by atoms with Crippen LogP contribution in [0.4, 0.5) is 4.79 Å². The van der Waals surface area contributed by atoms with Gasteiger partial charge in [-0.1, -0.05) is 35.9 Å². The number of benzene rings is 2. The van der Waals surface area contributed by atoms with Crippen molar-refractivity contribution in [1.82, 2.24) is 24.1 Å². The molecule has 0 spiro atoms. The van der Waals surface area contributed by atoms with Gasteiger partial charge in [0.25, 0.3) is 0 Å². The zero-order valence-electron chi connectivity index (χ0n) is 20.3. The number of amides is 1.